The molecule has 2 aromatic carbocycles. The van der Waals surface area contributed by atoms with Gasteiger partial charge in [-0.05, 0) is 13.0 Å². The lowest BCUT2D eigenvalue weighted by Gasteiger charge is -2.25. The third-order valence-electron chi connectivity index (χ3n) is 4.27. The average Bonchev–Trinajstić information content (AvgIpc) is 3.02. The highest BCUT2D eigenvalue weighted by atomic mass is 16.7. The highest BCUT2D eigenvalue weighted by Gasteiger charge is 2.53. The van der Waals surface area contributed by atoms with Crippen LogP contribution in [0.4, 0.5) is 0 Å². The minimum Gasteiger partial charge on any atom is -0.805 e. The summed E-state index contributed by atoms with van der Waals surface area (Å²) in [4.78, 5) is 13.0. The molecular formula is C18H16N2O4. The topological polar surface area (TPSA) is 69.4 Å². The summed E-state index contributed by atoms with van der Waals surface area (Å²) in [6.07, 6.45) is 0. The van der Waals surface area contributed by atoms with Gasteiger partial charge < -0.3 is 19.4 Å². The molecule has 2 heterocycles. The molecule has 6 heteroatoms. The fourth-order valence-electron chi connectivity index (χ4n) is 3.25. The Morgan fingerprint density at radius 3 is 2.67 bits per heavy atom. The molecule has 0 amide bonds. The first-order valence-electron chi connectivity index (χ1n) is 7.79. The Morgan fingerprint density at radius 1 is 1.21 bits per heavy atom. The predicted octanol–water partition coefficient (Wildman–Crippen LogP) is 2.67. The van der Waals surface area contributed by atoms with Gasteiger partial charge in [-0.25, -0.2) is 0 Å². The zero-order valence-electron chi connectivity index (χ0n) is 13.1. The van der Waals surface area contributed by atoms with Crippen LogP contribution in [0.1, 0.15) is 23.9 Å². The van der Waals surface area contributed by atoms with Gasteiger partial charge >= 0.3 is 5.69 Å². The predicted molar refractivity (Wildman–Crippen MR) is 87.7 cm³/mol. The largest absolute Gasteiger partial charge is 0.805 e. The first kappa shape index (κ1) is 14.9. The van der Waals surface area contributed by atoms with Crippen molar-refractivity contribution in [3.8, 4) is 0 Å². The van der Waals surface area contributed by atoms with E-state index in [4.69, 9.17) is 9.47 Å². The van der Waals surface area contributed by atoms with E-state index in [1.54, 1.807) is 24.3 Å². The van der Waals surface area contributed by atoms with E-state index in [-0.39, 0.29) is 23.5 Å². The lowest BCUT2D eigenvalue weighted by atomic mass is 10.0. The number of fused-ring (bicyclic) bond motifs is 2. The van der Waals surface area contributed by atoms with Gasteiger partial charge in [0.05, 0.1) is 11.0 Å². The number of para-hydroxylation sites is 2. The van der Waals surface area contributed by atoms with Crippen molar-refractivity contribution in [3.63, 3.8) is 0 Å². The van der Waals surface area contributed by atoms with E-state index in [0.717, 1.165) is 9.16 Å². The van der Waals surface area contributed by atoms with E-state index in [0.29, 0.717) is 17.7 Å². The Bertz CT molecular complexity index is 968. The number of hydrogen-bond acceptors (Lipinski definition) is 4. The van der Waals surface area contributed by atoms with Crippen LogP contribution in [0.3, 0.4) is 0 Å². The zero-order chi connectivity index (χ0) is 16.7. The Labute approximate surface area is 138 Å². The van der Waals surface area contributed by atoms with Crippen LogP contribution in [-0.4, -0.2) is 11.3 Å². The van der Waals surface area contributed by atoms with E-state index in [9.17, 15) is 10.1 Å². The van der Waals surface area contributed by atoms with Crippen LogP contribution in [0.15, 0.2) is 54.6 Å². The lowest BCUT2D eigenvalue weighted by Crippen LogP contribution is -2.40. The third-order valence-corrected chi connectivity index (χ3v) is 4.27. The number of ether oxygens (including phenoxy) is 2. The molecule has 0 radical (unpaired) electrons. The minimum absolute atomic E-state index is 0.0147. The fraction of sp³-hybridized carbons (Fsp3) is 0.222. The molecule has 0 N–H and O–H groups in total. The highest BCUT2D eigenvalue weighted by Crippen LogP contribution is 2.41. The maximum Gasteiger partial charge on any atom is 0.325 e. The second kappa shape index (κ2) is 5.43. The van der Waals surface area contributed by atoms with Gasteiger partial charge in [-0.2, -0.15) is 0 Å². The van der Waals surface area contributed by atoms with Crippen molar-refractivity contribution >= 4 is 11.0 Å². The van der Waals surface area contributed by atoms with E-state index < -0.39 is 5.79 Å². The number of hydrogen-bond donors (Lipinski definition) is 0. The number of aromatic nitrogens is 2. The minimum atomic E-state index is -1.37. The Hall–Kier alpha value is -2.70. The quantitative estimate of drug-likeness (QED) is 0.695. The second-order valence-corrected chi connectivity index (χ2v) is 5.58. The van der Waals surface area contributed by atoms with Gasteiger partial charge in [0.1, 0.15) is 11.2 Å². The molecule has 6 nitrogen and oxygen atoms in total. The normalized spacial score (nSPS) is 19.5. The standard InChI is InChI=1S/C18H16N2O4/c1-2-23-18(13-8-4-3-5-9-13)17-16(12-24-18)19(21)14-10-6-7-11-15(14)20(17)22/h3-11H,2,12H2,1H3. The summed E-state index contributed by atoms with van der Waals surface area (Å²) in [7, 11) is 0. The van der Waals surface area contributed by atoms with Crippen LogP contribution in [0.2, 0.25) is 0 Å². The molecule has 1 aliphatic heterocycles. The lowest BCUT2D eigenvalue weighted by molar-refractivity contribution is -0.496. The summed E-state index contributed by atoms with van der Waals surface area (Å²) in [6.45, 7) is 2.17. The SMILES string of the molecule is CCOC1(c2ccccc2)OCc2c1[n+](=O)c1ccccc1n2[O-]. The highest BCUT2D eigenvalue weighted by molar-refractivity contribution is 5.72. The first-order valence-corrected chi connectivity index (χ1v) is 7.79. The summed E-state index contributed by atoms with van der Waals surface area (Å²) >= 11 is 0. The zero-order valence-corrected chi connectivity index (χ0v) is 13.1. The molecule has 0 fully saturated rings. The van der Waals surface area contributed by atoms with Gasteiger partial charge in [-0.15, -0.1) is 0 Å². The number of nitrogens with zero attached hydrogens (tertiary/aromatic N) is 2. The molecule has 0 aliphatic carbocycles. The van der Waals surface area contributed by atoms with Crippen molar-refractivity contribution < 1.29 is 13.9 Å². The Balaban J connectivity index is 2.09. The van der Waals surface area contributed by atoms with E-state index in [1.165, 1.54) is 0 Å². The smallest absolute Gasteiger partial charge is 0.325 e. The van der Waals surface area contributed by atoms with Crippen LogP contribution in [0.25, 0.3) is 11.0 Å². The molecular weight excluding hydrogens is 308 g/mol. The molecule has 24 heavy (non-hydrogen) atoms. The Morgan fingerprint density at radius 2 is 1.92 bits per heavy atom. The van der Waals surface area contributed by atoms with Crippen molar-refractivity contribution in [3.05, 3.63) is 81.7 Å². The molecule has 0 spiro atoms. The van der Waals surface area contributed by atoms with Crippen LogP contribution >= 0.6 is 0 Å². The van der Waals surface area contributed by atoms with Crippen molar-refractivity contribution in [2.45, 2.75) is 19.3 Å². The van der Waals surface area contributed by atoms with E-state index in [1.807, 2.05) is 37.3 Å². The van der Waals surface area contributed by atoms with Gasteiger partial charge in [-0.3, -0.25) is 0 Å². The van der Waals surface area contributed by atoms with Crippen LogP contribution in [0.5, 0.6) is 0 Å². The van der Waals surface area contributed by atoms with Gasteiger partial charge in [0, 0.05) is 23.1 Å². The van der Waals surface area contributed by atoms with Gasteiger partial charge in [0.2, 0.25) is 0 Å². The summed E-state index contributed by atoms with van der Waals surface area (Å²) in [5.41, 5.74) is 1.77. The molecule has 1 aromatic heterocycles. The van der Waals surface area contributed by atoms with Crippen molar-refractivity contribution in [2.75, 3.05) is 6.61 Å². The molecule has 3 aromatic rings. The molecule has 122 valence electrons. The van der Waals surface area contributed by atoms with Gasteiger partial charge in [0.15, 0.2) is 0 Å². The van der Waals surface area contributed by atoms with Crippen LogP contribution in [0, 0.1) is 10.1 Å². The number of rotatable bonds is 3. The van der Waals surface area contributed by atoms with E-state index >= 15 is 0 Å². The van der Waals surface area contributed by atoms with Crippen molar-refractivity contribution in [1.29, 1.82) is 0 Å². The molecule has 0 bridgehead atoms. The summed E-state index contributed by atoms with van der Waals surface area (Å²) in [5, 5.41) is 12.7. The monoisotopic (exact) mass is 324 g/mol. The first-order chi connectivity index (χ1) is 11.7. The summed E-state index contributed by atoms with van der Waals surface area (Å²) < 4.78 is 13.3. The molecule has 1 unspecified atom stereocenters. The summed E-state index contributed by atoms with van der Waals surface area (Å²) in [5.74, 6) is -1.37. The number of benzene rings is 2. The maximum absolute atomic E-state index is 13.0. The molecule has 0 saturated heterocycles. The van der Waals surface area contributed by atoms with Gasteiger partial charge in [0.25, 0.3) is 11.3 Å². The molecule has 1 aliphatic rings. The summed E-state index contributed by atoms with van der Waals surface area (Å²) in [6, 6.07) is 15.9. The van der Waals surface area contributed by atoms with Crippen LogP contribution < -0.4 is 4.43 Å². The molecule has 1 atom stereocenters. The van der Waals surface area contributed by atoms with Crippen molar-refractivity contribution in [1.82, 2.24) is 4.73 Å². The second-order valence-electron chi connectivity index (χ2n) is 5.58. The van der Waals surface area contributed by atoms with Crippen LogP contribution in [-0.2, 0) is 21.9 Å². The van der Waals surface area contributed by atoms with Crippen molar-refractivity contribution in [2.24, 2.45) is 0 Å². The fourth-order valence-corrected chi connectivity index (χ4v) is 3.25. The average molecular weight is 324 g/mol. The third kappa shape index (κ3) is 1.90. The molecule has 0 saturated carbocycles. The van der Waals surface area contributed by atoms with E-state index in [2.05, 4.69) is 0 Å². The molecule has 4 rings (SSSR count). The Kier molecular flexibility index (Phi) is 3.37. The van der Waals surface area contributed by atoms with Gasteiger partial charge in [-0.1, -0.05) is 42.5 Å². The maximum atomic E-state index is 13.0.